The molecule has 0 radical (unpaired) electrons. The molecular formula is C12H15F3N4O. The highest BCUT2D eigenvalue weighted by molar-refractivity contribution is 5.95. The smallest absolute Gasteiger partial charge is 0.401 e. The molecule has 110 valence electrons. The standard InChI is InChI=1S/C12H15F3N4O/c13-12(14,15)7-19(9-1-2-9)6-8-3-4-17-10(5-8)11(16)18-20/h3-5,9,20H,1-2,6-7H2,(H2,16,18). The van der Waals surface area contributed by atoms with Gasteiger partial charge in [-0.15, -0.1) is 0 Å². The molecule has 0 atom stereocenters. The van der Waals surface area contributed by atoms with Crippen LogP contribution in [0.4, 0.5) is 13.2 Å². The molecule has 0 aliphatic heterocycles. The van der Waals surface area contributed by atoms with Crippen molar-refractivity contribution >= 4 is 5.84 Å². The second-order valence-electron chi connectivity index (χ2n) is 4.79. The van der Waals surface area contributed by atoms with E-state index >= 15 is 0 Å². The number of rotatable bonds is 5. The van der Waals surface area contributed by atoms with Crippen LogP contribution >= 0.6 is 0 Å². The van der Waals surface area contributed by atoms with Crippen molar-refractivity contribution < 1.29 is 18.4 Å². The molecule has 1 fully saturated rings. The molecule has 1 aliphatic rings. The predicted octanol–water partition coefficient (Wildman–Crippen LogP) is 1.70. The summed E-state index contributed by atoms with van der Waals surface area (Å²) >= 11 is 0. The van der Waals surface area contributed by atoms with E-state index in [1.54, 1.807) is 6.07 Å². The molecule has 0 aromatic carbocycles. The molecule has 0 amide bonds. The molecule has 0 bridgehead atoms. The Balaban J connectivity index is 2.10. The van der Waals surface area contributed by atoms with E-state index < -0.39 is 12.7 Å². The molecule has 1 heterocycles. The second-order valence-corrected chi connectivity index (χ2v) is 4.79. The number of aromatic nitrogens is 1. The fourth-order valence-corrected chi connectivity index (χ4v) is 1.98. The van der Waals surface area contributed by atoms with Crippen LogP contribution in [-0.4, -0.2) is 39.7 Å². The maximum Gasteiger partial charge on any atom is 0.401 e. The predicted molar refractivity (Wildman–Crippen MR) is 66.2 cm³/mol. The van der Waals surface area contributed by atoms with Crippen LogP contribution in [0.2, 0.25) is 0 Å². The van der Waals surface area contributed by atoms with E-state index in [2.05, 4.69) is 10.1 Å². The van der Waals surface area contributed by atoms with Gasteiger partial charge in [0, 0.05) is 18.8 Å². The highest BCUT2D eigenvalue weighted by atomic mass is 19.4. The van der Waals surface area contributed by atoms with Crippen molar-refractivity contribution in [3.05, 3.63) is 29.6 Å². The Morgan fingerprint density at radius 3 is 2.75 bits per heavy atom. The van der Waals surface area contributed by atoms with E-state index in [4.69, 9.17) is 10.9 Å². The molecule has 1 aromatic heterocycles. The van der Waals surface area contributed by atoms with Crippen molar-refractivity contribution in [2.45, 2.75) is 31.6 Å². The van der Waals surface area contributed by atoms with Crippen molar-refractivity contribution in [2.75, 3.05) is 6.54 Å². The van der Waals surface area contributed by atoms with E-state index in [9.17, 15) is 13.2 Å². The first kappa shape index (κ1) is 14.6. The Kier molecular flexibility index (Phi) is 4.12. The van der Waals surface area contributed by atoms with E-state index in [1.165, 1.54) is 17.2 Å². The van der Waals surface area contributed by atoms with Gasteiger partial charge in [0.1, 0.15) is 5.69 Å². The highest BCUT2D eigenvalue weighted by Crippen LogP contribution is 2.31. The Morgan fingerprint density at radius 1 is 1.50 bits per heavy atom. The number of halogens is 3. The minimum Gasteiger partial charge on any atom is -0.409 e. The van der Waals surface area contributed by atoms with Crippen molar-refractivity contribution in [2.24, 2.45) is 10.9 Å². The molecule has 0 unspecified atom stereocenters. The number of hydrogen-bond donors (Lipinski definition) is 2. The summed E-state index contributed by atoms with van der Waals surface area (Å²) in [6.07, 6.45) is -1.21. The fraction of sp³-hybridized carbons (Fsp3) is 0.500. The van der Waals surface area contributed by atoms with E-state index in [0.29, 0.717) is 5.56 Å². The minimum absolute atomic E-state index is 0.0166. The Hall–Kier alpha value is -1.83. The normalized spacial score (nSPS) is 16.7. The highest BCUT2D eigenvalue weighted by Gasteiger charge is 2.37. The lowest BCUT2D eigenvalue weighted by molar-refractivity contribution is -0.148. The van der Waals surface area contributed by atoms with Gasteiger partial charge in [-0.05, 0) is 30.5 Å². The number of pyridine rings is 1. The van der Waals surface area contributed by atoms with Crippen LogP contribution in [0.3, 0.4) is 0 Å². The summed E-state index contributed by atoms with van der Waals surface area (Å²) in [6.45, 7) is -0.767. The summed E-state index contributed by atoms with van der Waals surface area (Å²) in [5.41, 5.74) is 6.31. The zero-order valence-electron chi connectivity index (χ0n) is 10.6. The molecule has 20 heavy (non-hydrogen) atoms. The van der Waals surface area contributed by atoms with Crippen LogP contribution in [0, 0.1) is 0 Å². The Bertz CT molecular complexity index is 500. The van der Waals surface area contributed by atoms with Crippen LogP contribution < -0.4 is 5.73 Å². The zero-order valence-corrected chi connectivity index (χ0v) is 10.6. The largest absolute Gasteiger partial charge is 0.409 e. The van der Waals surface area contributed by atoms with Gasteiger partial charge in [0.05, 0.1) is 6.54 Å². The summed E-state index contributed by atoms with van der Waals surface area (Å²) in [7, 11) is 0. The molecule has 2 rings (SSSR count). The molecule has 8 heteroatoms. The van der Waals surface area contributed by atoms with Crippen molar-refractivity contribution in [1.29, 1.82) is 0 Å². The summed E-state index contributed by atoms with van der Waals surface area (Å²) in [4.78, 5) is 5.29. The van der Waals surface area contributed by atoms with Crippen molar-refractivity contribution in [3.8, 4) is 0 Å². The lowest BCUT2D eigenvalue weighted by Gasteiger charge is -2.23. The summed E-state index contributed by atoms with van der Waals surface area (Å²) in [6, 6.07) is 3.14. The zero-order chi connectivity index (χ0) is 14.8. The topological polar surface area (TPSA) is 74.7 Å². The number of oxime groups is 1. The maximum absolute atomic E-state index is 12.5. The van der Waals surface area contributed by atoms with Crippen LogP contribution in [0.15, 0.2) is 23.5 Å². The quantitative estimate of drug-likeness (QED) is 0.374. The van der Waals surface area contributed by atoms with Gasteiger partial charge in [-0.2, -0.15) is 13.2 Å². The van der Waals surface area contributed by atoms with Gasteiger partial charge in [-0.25, -0.2) is 0 Å². The fourth-order valence-electron chi connectivity index (χ4n) is 1.98. The number of amidine groups is 1. The Labute approximate surface area is 113 Å². The average Bonchev–Trinajstić information content (AvgIpc) is 3.20. The first-order valence-corrected chi connectivity index (χ1v) is 6.12. The number of nitrogens with zero attached hydrogens (tertiary/aromatic N) is 3. The van der Waals surface area contributed by atoms with E-state index in [-0.39, 0.29) is 24.1 Å². The molecule has 5 nitrogen and oxygen atoms in total. The van der Waals surface area contributed by atoms with Crippen LogP contribution in [0.5, 0.6) is 0 Å². The molecule has 0 spiro atoms. The van der Waals surface area contributed by atoms with Crippen molar-refractivity contribution in [1.82, 2.24) is 9.88 Å². The van der Waals surface area contributed by atoms with E-state index in [1.807, 2.05) is 0 Å². The second kappa shape index (κ2) is 5.66. The van der Waals surface area contributed by atoms with Gasteiger partial charge in [-0.1, -0.05) is 5.16 Å². The number of hydrogen-bond acceptors (Lipinski definition) is 4. The van der Waals surface area contributed by atoms with Gasteiger partial charge >= 0.3 is 6.18 Å². The van der Waals surface area contributed by atoms with Gasteiger partial charge in [0.2, 0.25) is 0 Å². The molecule has 3 N–H and O–H groups in total. The third kappa shape index (κ3) is 4.09. The molecule has 1 saturated carbocycles. The van der Waals surface area contributed by atoms with Crippen LogP contribution in [0.25, 0.3) is 0 Å². The maximum atomic E-state index is 12.5. The molecular weight excluding hydrogens is 273 g/mol. The SMILES string of the molecule is NC(=NO)c1cc(CN(CC(F)(F)F)C2CC2)ccn1. The van der Waals surface area contributed by atoms with E-state index in [0.717, 1.165) is 12.8 Å². The van der Waals surface area contributed by atoms with Crippen molar-refractivity contribution in [3.63, 3.8) is 0 Å². The lowest BCUT2D eigenvalue weighted by atomic mass is 10.2. The monoisotopic (exact) mass is 288 g/mol. The summed E-state index contributed by atoms with van der Waals surface area (Å²) in [5, 5.41) is 11.4. The summed E-state index contributed by atoms with van der Waals surface area (Å²) in [5.74, 6) is -0.166. The Morgan fingerprint density at radius 2 is 2.20 bits per heavy atom. The van der Waals surface area contributed by atoms with Crippen LogP contribution in [-0.2, 0) is 6.54 Å². The third-order valence-corrected chi connectivity index (χ3v) is 3.03. The first-order valence-electron chi connectivity index (χ1n) is 6.12. The minimum atomic E-state index is -4.22. The van der Waals surface area contributed by atoms with Gasteiger partial charge in [0.25, 0.3) is 0 Å². The lowest BCUT2D eigenvalue weighted by Crippen LogP contribution is -2.35. The molecule has 1 aromatic rings. The third-order valence-electron chi connectivity index (χ3n) is 3.03. The number of alkyl halides is 3. The number of nitrogens with two attached hydrogens (primary N) is 1. The molecule has 1 aliphatic carbocycles. The van der Waals surface area contributed by atoms with Gasteiger partial charge < -0.3 is 10.9 Å². The average molecular weight is 288 g/mol. The first-order chi connectivity index (χ1) is 9.39. The molecule has 0 saturated heterocycles. The van der Waals surface area contributed by atoms with Gasteiger partial charge in [0.15, 0.2) is 5.84 Å². The van der Waals surface area contributed by atoms with Crippen LogP contribution in [0.1, 0.15) is 24.1 Å². The van der Waals surface area contributed by atoms with Gasteiger partial charge in [-0.3, -0.25) is 9.88 Å². The summed E-state index contributed by atoms with van der Waals surface area (Å²) < 4.78 is 37.6.